The Morgan fingerprint density at radius 1 is 1.27 bits per heavy atom. The molecule has 0 aliphatic rings. The first kappa shape index (κ1) is 18.5. The van der Waals surface area contributed by atoms with Gasteiger partial charge < -0.3 is 10.6 Å². The molecule has 0 aliphatic carbocycles. The smallest absolute Gasteiger partial charge is 0.336 e. The summed E-state index contributed by atoms with van der Waals surface area (Å²) in [5.41, 5.74) is 0.284. The first-order valence-corrected chi connectivity index (χ1v) is 9.27. The number of benzene rings is 1. The van der Waals surface area contributed by atoms with Crippen LogP contribution in [-0.2, 0) is 13.6 Å². The van der Waals surface area contributed by atoms with E-state index in [1.165, 1.54) is 20.6 Å². The number of urea groups is 1. The van der Waals surface area contributed by atoms with Crippen LogP contribution in [0.25, 0.3) is 10.7 Å². The van der Waals surface area contributed by atoms with Gasteiger partial charge in [0, 0.05) is 19.3 Å². The highest BCUT2D eigenvalue weighted by Crippen LogP contribution is 2.25. The van der Waals surface area contributed by atoms with E-state index in [9.17, 15) is 9.59 Å². The quantitative estimate of drug-likeness (QED) is 0.674. The summed E-state index contributed by atoms with van der Waals surface area (Å²) in [6.45, 7) is 0.501. The van der Waals surface area contributed by atoms with Gasteiger partial charge in [-0.15, -0.1) is 16.4 Å². The molecule has 10 heteroatoms. The zero-order chi connectivity index (χ0) is 18.7. The molecule has 3 rings (SSSR count). The van der Waals surface area contributed by atoms with Crippen molar-refractivity contribution < 1.29 is 4.79 Å². The maximum atomic E-state index is 12.2. The fourth-order valence-corrected chi connectivity index (χ4v) is 3.32. The summed E-state index contributed by atoms with van der Waals surface area (Å²) in [6.07, 6.45) is 0. The highest BCUT2D eigenvalue weighted by molar-refractivity contribution is 7.13. The van der Waals surface area contributed by atoms with Gasteiger partial charge in [-0.3, -0.25) is 4.57 Å². The van der Waals surface area contributed by atoms with Crippen LogP contribution < -0.4 is 16.3 Å². The van der Waals surface area contributed by atoms with E-state index >= 15 is 0 Å². The number of amides is 2. The van der Waals surface area contributed by atoms with E-state index in [1.807, 2.05) is 17.5 Å². The van der Waals surface area contributed by atoms with Gasteiger partial charge in [0.05, 0.1) is 21.5 Å². The van der Waals surface area contributed by atoms with Crippen LogP contribution in [0.1, 0.15) is 0 Å². The van der Waals surface area contributed by atoms with E-state index < -0.39 is 6.03 Å². The van der Waals surface area contributed by atoms with Gasteiger partial charge in [-0.2, -0.15) is 0 Å². The lowest BCUT2D eigenvalue weighted by Crippen LogP contribution is -2.34. The van der Waals surface area contributed by atoms with Gasteiger partial charge in [-0.1, -0.05) is 29.3 Å². The Bertz CT molecular complexity index is 981. The molecule has 0 saturated carbocycles. The van der Waals surface area contributed by atoms with Crippen LogP contribution in [0, 0.1) is 0 Å². The van der Waals surface area contributed by atoms with Crippen molar-refractivity contribution in [3.05, 3.63) is 56.2 Å². The number of thiophene rings is 1. The minimum atomic E-state index is -0.411. The van der Waals surface area contributed by atoms with Crippen LogP contribution in [0.15, 0.2) is 40.5 Å². The Hall–Kier alpha value is -2.29. The molecule has 0 aliphatic heterocycles. The number of hydrogen-bond donors (Lipinski definition) is 2. The largest absolute Gasteiger partial charge is 0.346 e. The second-order valence-corrected chi connectivity index (χ2v) is 7.14. The number of hydrogen-bond acceptors (Lipinski definition) is 4. The van der Waals surface area contributed by atoms with Gasteiger partial charge in [0.1, 0.15) is 0 Å². The SMILES string of the molecule is Cn1c(-c2cccs2)nn(CCNC(=O)Nc2ccc(Cl)c(Cl)c2)c1=O. The lowest BCUT2D eigenvalue weighted by molar-refractivity contribution is 0.251. The minimum absolute atomic E-state index is 0.236. The Morgan fingerprint density at radius 2 is 2.08 bits per heavy atom. The molecule has 7 nitrogen and oxygen atoms in total. The van der Waals surface area contributed by atoms with Crippen LogP contribution in [0.3, 0.4) is 0 Å². The predicted molar refractivity (Wildman–Crippen MR) is 104 cm³/mol. The molecule has 2 N–H and O–H groups in total. The number of aromatic nitrogens is 3. The summed E-state index contributed by atoms with van der Waals surface area (Å²) >= 11 is 13.3. The Balaban J connectivity index is 1.58. The Morgan fingerprint density at radius 3 is 2.77 bits per heavy atom. The number of rotatable bonds is 5. The van der Waals surface area contributed by atoms with Crippen LogP contribution in [0.5, 0.6) is 0 Å². The molecule has 2 heterocycles. The van der Waals surface area contributed by atoms with E-state index in [-0.39, 0.29) is 18.8 Å². The lowest BCUT2D eigenvalue weighted by atomic mass is 10.3. The van der Waals surface area contributed by atoms with Crippen molar-refractivity contribution in [3.8, 4) is 10.7 Å². The molecule has 0 saturated heterocycles. The van der Waals surface area contributed by atoms with E-state index in [0.29, 0.717) is 21.6 Å². The van der Waals surface area contributed by atoms with Crippen LogP contribution in [0.2, 0.25) is 10.0 Å². The van der Waals surface area contributed by atoms with Crippen LogP contribution in [0.4, 0.5) is 10.5 Å². The van der Waals surface area contributed by atoms with Crippen molar-refractivity contribution in [2.45, 2.75) is 6.54 Å². The summed E-state index contributed by atoms with van der Waals surface area (Å²) in [4.78, 5) is 25.1. The molecule has 1 aromatic carbocycles. The van der Waals surface area contributed by atoms with Gasteiger partial charge in [0.2, 0.25) is 0 Å². The molecule has 0 spiro atoms. The third kappa shape index (κ3) is 4.09. The van der Waals surface area contributed by atoms with Crippen molar-refractivity contribution >= 4 is 46.3 Å². The van der Waals surface area contributed by atoms with Crippen molar-refractivity contribution in [1.82, 2.24) is 19.7 Å². The lowest BCUT2D eigenvalue weighted by Gasteiger charge is -2.08. The predicted octanol–water partition coefficient (Wildman–Crippen LogP) is 3.44. The van der Waals surface area contributed by atoms with Gasteiger partial charge in [-0.05, 0) is 29.6 Å². The van der Waals surface area contributed by atoms with Gasteiger partial charge in [-0.25, -0.2) is 14.3 Å². The van der Waals surface area contributed by atoms with Crippen molar-refractivity contribution in [3.63, 3.8) is 0 Å². The zero-order valence-electron chi connectivity index (χ0n) is 13.7. The highest BCUT2D eigenvalue weighted by Gasteiger charge is 2.13. The number of nitrogens with zero attached hydrogens (tertiary/aromatic N) is 3. The second-order valence-electron chi connectivity index (χ2n) is 5.38. The summed E-state index contributed by atoms with van der Waals surface area (Å²) in [6, 6.07) is 8.19. The molecule has 3 aromatic rings. The topological polar surface area (TPSA) is 81.0 Å². The van der Waals surface area contributed by atoms with E-state index in [0.717, 1.165) is 4.88 Å². The number of anilines is 1. The average molecular weight is 412 g/mol. The summed E-state index contributed by atoms with van der Waals surface area (Å²) in [5, 5.41) is 12.3. The fourth-order valence-electron chi connectivity index (χ4n) is 2.28. The number of nitrogens with one attached hydrogen (secondary N) is 2. The monoisotopic (exact) mass is 411 g/mol. The van der Waals surface area contributed by atoms with Gasteiger partial charge in [0.15, 0.2) is 5.82 Å². The molecular formula is C16H15Cl2N5O2S. The Kier molecular flexibility index (Phi) is 5.65. The zero-order valence-corrected chi connectivity index (χ0v) is 16.0. The molecular weight excluding hydrogens is 397 g/mol. The van der Waals surface area contributed by atoms with Crippen molar-refractivity contribution in [2.24, 2.45) is 7.05 Å². The number of carbonyl (C=O) groups excluding carboxylic acids is 1. The van der Waals surface area contributed by atoms with E-state index in [4.69, 9.17) is 23.2 Å². The molecule has 0 atom stereocenters. The third-order valence-corrected chi connectivity index (χ3v) is 5.17. The fraction of sp³-hybridized carbons (Fsp3) is 0.188. The minimum Gasteiger partial charge on any atom is -0.336 e. The first-order valence-electron chi connectivity index (χ1n) is 7.63. The second kappa shape index (κ2) is 7.94. The summed E-state index contributed by atoms with van der Waals surface area (Å²) in [5.74, 6) is 0.602. The average Bonchev–Trinajstić information content (AvgIpc) is 3.22. The maximum Gasteiger partial charge on any atom is 0.346 e. The number of halogens is 2. The molecule has 2 amide bonds. The first-order chi connectivity index (χ1) is 12.5. The molecule has 0 fully saturated rings. The van der Waals surface area contributed by atoms with Crippen molar-refractivity contribution in [1.29, 1.82) is 0 Å². The third-order valence-electron chi connectivity index (χ3n) is 3.57. The van der Waals surface area contributed by atoms with Gasteiger partial charge in [0.25, 0.3) is 0 Å². The molecule has 0 radical (unpaired) electrons. The van der Waals surface area contributed by atoms with E-state index in [1.54, 1.807) is 25.2 Å². The van der Waals surface area contributed by atoms with E-state index in [2.05, 4.69) is 15.7 Å². The highest BCUT2D eigenvalue weighted by atomic mass is 35.5. The van der Waals surface area contributed by atoms with Crippen molar-refractivity contribution in [2.75, 3.05) is 11.9 Å². The standard InChI is InChI=1S/C16H15Cl2N5O2S/c1-22-14(13-3-2-8-26-13)21-23(16(22)25)7-6-19-15(24)20-10-4-5-11(17)12(18)9-10/h2-5,8-9H,6-7H2,1H3,(H2,19,20,24). The molecule has 136 valence electrons. The molecule has 26 heavy (non-hydrogen) atoms. The molecule has 0 bridgehead atoms. The summed E-state index contributed by atoms with van der Waals surface area (Å²) < 4.78 is 2.82. The van der Waals surface area contributed by atoms with Crippen LogP contribution in [-0.4, -0.2) is 26.9 Å². The molecule has 0 unspecified atom stereocenters. The normalized spacial score (nSPS) is 10.7. The Labute approximate surface area is 163 Å². The number of carbonyl (C=O) groups is 1. The summed E-state index contributed by atoms with van der Waals surface area (Å²) in [7, 11) is 1.67. The van der Waals surface area contributed by atoms with Gasteiger partial charge >= 0.3 is 11.7 Å². The van der Waals surface area contributed by atoms with Crippen LogP contribution >= 0.6 is 34.5 Å². The molecule has 2 aromatic heterocycles. The maximum absolute atomic E-state index is 12.2.